The van der Waals surface area contributed by atoms with Crippen molar-refractivity contribution in [2.75, 3.05) is 20.1 Å². The number of nitrogens with zero attached hydrogens (tertiary/aromatic N) is 1. The number of likely N-dealkylation sites (tertiary alicyclic amines) is 1. The Balaban J connectivity index is 2.21. The zero-order chi connectivity index (χ0) is 15.6. The van der Waals surface area contributed by atoms with E-state index in [1.807, 2.05) is 7.05 Å². The fourth-order valence-corrected chi connectivity index (χ4v) is 3.14. The molecule has 2 rings (SSSR count). The highest BCUT2D eigenvalue weighted by Gasteiger charge is 2.38. The molecule has 1 aromatic rings. The minimum absolute atomic E-state index is 0.283. The number of hydrogen-bond acceptors (Lipinski definition) is 3. The van der Waals surface area contributed by atoms with Crippen LogP contribution >= 0.6 is 35.4 Å². The van der Waals surface area contributed by atoms with Crippen molar-refractivity contribution in [2.45, 2.75) is 18.4 Å². The van der Waals surface area contributed by atoms with Crippen molar-refractivity contribution in [3.8, 4) is 0 Å². The second-order valence-electron chi connectivity index (χ2n) is 5.33. The smallest absolute Gasteiger partial charge is 0.253 e. The highest BCUT2D eigenvalue weighted by atomic mass is 35.5. The third-order valence-electron chi connectivity index (χ3n) is 3.84. The summed E-state index contributed by atoms with van der Waals surface area (Å²) in [5.74, 6) is -0.283. The molecular formula is C14H17Cl2N3OS. The quantitative estimate of drug-likeness (QED) is 0.826. The number of benzene rings is 1. The molecule has 1 fully saturated rings. The van der Waals surface area contributed by atoms with Gasteiger partial charge < -0.3 is 16.0 Å². The Labute approximate surface area is 139 Å². The molecule has 3 N–H and O–H groups in total. The Morgan fingerprint density at radius 3 is 2.52 bits per heavy atom. The highest BCUT2D eigenvalue weighted by Crippen LogP contribution is 2.25. The normalized spacial score (nSPS) is 18.2. The Morgan fingerprint density at radius 1 is 1.38 bits per heavy atom. The number of carbonyl (C=O) groups is 1. The molecule has 1 aromatic carbocycles. The largest absolute Gasteiger partial charge is 0.391 e. The molecular weight excluding hydrogens is 329 g/mol. The van der Waals surface area contributed by atoms with Gasteiger partial charge in [0.25, 0.3) is 5.91 Å². The van der Waals surface area contributed by atoms with E-state index in [2.05, 4.69) is 10.2 Å². The summed E-state index contributed by atoms with van der Waals surface area (Å²) in [5, 5.41) is 3.77. The van der Waals surface area contributed by atoms with Crippen LogP contribution in [-0.2, 0) is 0 Å². The molecule has 1 amide bonds. The number of carbonyl (C=O) groups excluding carboxylic acids is 1. The van der Waals surface area contributed by atoms with Crippen molar-refractivity contribution in [2.24, 2.45) is 5.73 Å². The average Bonchev–Trinajstić information content (AvgIpc) is 2.41. The standard InChI is InChI=1S/C14H17Cl2N3OS/c1-19-6-4-14(5-7-19,13(17)21)18-12(20)10-3-2-9(15)8-11(10)16/h2-3,8H,4-7H2,1H3,(H2,17,21)(H,18,20). The van der Waals surface area contributed by atoms with Crippen LogP contribution in [0.15, 0.2) is 18.2 Å². The van der Waals surface area contributed by atoms with E-state index in [1.54, 1.807) is 18.2 Å². The third kappa shape index (κ3) is 3.66. The molecule has 0 spiro atoms. The average molecular weight is 346 g/mol. The number of rotatable bonds is 3. The van der Waals surface area contributed by atoms with E-state index in [9.17, 15) is 4.79 Å². The predicted octanol–water partition coefficient (Wildman–Crippen LogP) is 2.47. The molecule has 0 atom stereocenters. The Hall–Kier alpha value is -0.880. The summed E-state index contributed by atoms with van der Waals surface area (Å²) in [4.78, 5) is 15.0. The zero-order valence-corrected chi connectivity index (χ0v) is 14.0. The molecule has 0 saturated carbocycles. The molecule has 4 nitrogen and oxygen atoms in total. The molecule has 1 heterocycles. The monoisotopic (exact) mass is 345 g/mol. The number of halogens is 2. The predicted molar refractivity (Wildman–Crippen MR) is 90.2 cm³/mol. The van der Waals surface area contributed by atoms with E-state index in [-0.39, 0.29) is 5.91 Å². The van der Waals surface area contributed by atoms with Gasteiger partial charge >= 0.3 is 0 Å². The number of piperidine rings is 1. The molecule has 7 heteroatoms. The first-order valence-electron chi connectivity index (χ1n) is 6.60. The van der Waals surface area contributed by atoms with Crippen molar-refractivity contribution in [1.29, 1.82) is 0 Å². The second kappa shape index (κ2) is 6.48. The topological polar surface area (TPSA) is 58.4 Å². The van der Waals surface area contributed by atoms with Crippen LogP contribution in [0.25, 0.3) is 0 Å². The fourth-order valence-electron chi connectivity index (χ4n) is 2.39. The molecule has 0 bridgehead atoms. The summed E-state index contributed by atoms with van der Waals surface area (Å²) in [6.07, 6.45) is 1.38. The van der Waals surface area contributed by atoms with Crippen molar-refractivity contribution in [3.05, 3.63) is 33.8 Å². The first-order chi connectivity index (χ1) is 9.84. The van der Waals surface area contributed by atoms with Gasteiger partial charge in [0, 0.05) is 18.1 Å². The van der Waals surface area contributed by atoms with Crippen LogP contribution in [0.2, 0.25) is 10.0 Å². The molecule has 0 aromatic heterocycles. The van der Waals surface area contributed by atoms with E-state index in [4.69, 9.17) is 41.2 Å². The fraction of sp³-hybridized carbons (Fsp3) is 0.429. The minimum Gasteiger partial charge on any atom is -0.391 e. The summed E-state index contributed by atoms with van der Waals surface area (Å²) >= 11 is 17.1. The first kappa shape index (κ1) is 16.5. The molecule has 114 valence electrons. The lowest BCUT2D eigenvalue weighted by molar-refractivity contribution is 0.0890. The molecule has 0 radical (unpaired) electrons. The summed E-state index contributed by atoms with van der Waals surface area (Å²) in [5.41, 5.74) is 5.60. The highest BCUT2D eigenvalue weighted by molar-refractivity contribution is 7.80. The lowest BCUT2D eigenvalue weighted by Gasteiger charge is -2.40. The number of nitrogens with one attached hydrogen (secondary N) is 1. The van der Waals surface area contributed by atoms with Gasteiger partial charge in [0.2, 0.25) is 0 Å². The van der Waals surface area contributed by atoms with E-state index < -0.39 is 5.54 Å². The molecule has 1 saturated heterocycles. The van der Waals surface area contributed by atoms with Gasteiger partial charge in [-0.15, -0.1) is 0 Å². The van der Waals surface area contributed by atoms with Gasteiger partial charge in [-0.3, -0.25) is 4.79 Å². The minimum atomic E-state index is -0.651. The van der Waals surface area contributed by atoms with Gasteiger partial charge in [-0.2, -0.15) is 0 Å². The van der Waals surface area contributed by atoms with E-state index in [0.717, 1.165) is 13.1 Å². The Morgan fingerprint density at radius 2 is 2.00 bits per heavy atom. The number of nitrogens with two attached hydrogens (primary N) is 1. The van der Waals surface area contributed by atoms with Crippen molar-refractivity contribution >= 4 is 46.3 Å². The van der Waals surface area contributed by atoms with Crippen LogP contribution in [0.1, 0.15) is 23.2 Å². The maximum Gasteiger partial charge on any atom is 0.253 e. The maximum absolute atomic E-state index is 12.5. The Bertz CT molecular complexity index is 571. The van der Waals surface area contributed by atoms with Gasteiger partial charge in [-0.05, 0) is 38.1 Å². The second-order valence-corrected chi connectivity index (χ2v) is 6.61. The van der Waals surface area contributed by atoms with Gasteiger partial charge in [-0.25, -0.2) is 0 Å². The lowest BCUT2D eigenvalue weighted by Crippen LogP contribution is -2.61. The van der Waals surface area contributed by atoms with Crippen molar-refractivity contribution < 1.29 is 4.79 Å². The van der Waals surface area contributed by atoms with Gasteiger partial charge in [0.15, 0.2) is 0 Å². The van der Waals surface area contributed by atoms with Crippen LogP contribution < -0.4 is 11.1 Å². The molecule has 1 aliphatic heterocycles. The molecule has 21 heavy (non-hydrogen) atoms. The van der Waals surface area contributed by atoms with Crippen molar-refractivity contribution in [1.82, 2.24) is 10.2 Å². The summed E-state index contributed by atoms with van der Waals surface area (Å²) in [7, 11) is 2.03. The molecule has 0 aliphatic carbocycles. The summed E-state index contributed by atoms with van der Waals surface area (Å²) in [6.45, 7) is 1.65. The van der Waals surface area contributed by atoms with Crippen LogP contribution in [0.3, 0.4) is 0 Å². The number of thiocarbonyl (C=S) groups is 1. The van der Waals surface area contributed by atoms with Crippen LogP contribution in [0.4, 0.5) is 0 Å². The molecule has 1 aliphatic rings. The van der Waals surface area contributed by atoms with Crippen LogP contribution in [0.5, 0.6) is 0 Å². The van der Waals surface area contributed by atoms with Crippen LogP contribution in [-0.4, -0.2) is 41.5 Å². The maximum atomic E-state index is 12.5. The van der Waals surface area contributed by atoms with Crippen molar-refractivity contribution in [3.63, 3.8) is 0 Å². The Kier molecular flexibility index (Phi) is 5.09. The zero-order valence-electron chi connectivity index (χ0n) is 11.7. The third-order valence-corrected chi connectivity index (χ3v) is 4.78. The van der Waals surface area contributed by atoms with Gasteiger partial charge in [0.1, 0.15) is 0 Å². The lowest BCUT2D eigenvalue weighted by atomic mass is 9.87. The number of hydrogen-bond donors (Lipinski definition) is 2. The van der Waals surface area contributed by atoms with Gasteiger partial charge in [-0.1, -0.05) is 35.4 Å². The SMILES string of the molecule is CN1CCC(NC(=O)c2ccc(Cl)cc2Cl)(C(N)=S)CC1. The first-order valence-corrected chi connectivity index (χ1v) is 7.76. The van der Waals surface area contributed by atoms with E-state index in [1.165, 1.54) is 0 Å². The summed E-state index contributed by atoms with van der Waals surface area (Å²) in [6, 6.07) is 4.77. The van der Waals surface area contributed by atoms with E-state index in [0.29, 0.717) is 33.4 Å². The summed E-state index contributed by atoms with van der Waals surface area (Å²) < 4.78 is 0. The van der Waals surface area contributed by atoms with E-state index >= 15 is 0 Å². The van der Waals surface area contributed by atoms with Gasteiger partial charge in [0.05, 0.1) is 21.1 Å². The van der Waals surface area contributed by atoms with Crippen LogP contribution in [0, 0.1) is 0 Å². The number of amides is 1. The molecule has 0 unspecified atom stereocenters.